The van der Waals surface area contributed by atoms with Gasteiger partial charge in [0.15, 0.2) is 18.6 Å². The molecule has 1 saturated heterocycles. The summed E-state index contributed by atoms with van der Waals surface area (Å²) in [5, 5.41) is 2.93. The molecule has 2 aliphatic heterocycles. The number of rotatable bonds is 7. The number of carbonyl (C=O) groups is 2. The van der Waals surface area contributed by atoms with Gasteiger partial charge in [-0.05, 0) is 81.3 Å². The Morgan fingerprint density at radius 3 is 2.31 bits per heavy atom. The highest BCUT2D eigenvalue weighted by molar-refractivity contribution is 5.93. The van der Waals surface area contributed by atoms with Crippen LogP contribution in [0.3, 0.4) is 0 Å². The molecular formula is C39H59N3O6. The Bertz CT molecular complexity index is 1310. The number of amides is 2. The molecular weight excluding hydrogens is 606 g/mol. The highest BCUT2D eigenvalue weighted by Gasteiger charge is 2.18. The summed E-state index contributed by atoms with van der Waals surface area (Å²) in [5.41, 5.74) is 3.22. The summed E-state index contributed by atoms with van der Waals surface area (Å²) in [4.78, 5) is 37.5. The van der Waals surface area contributed by atoms with Gasteiger partial charge in [-0.25, -0.2) is 4.89 Å². The van der Waals surface area contributed by atoms with Gasteiger partial charge in [0.1, 0.15) is 5.75 Å². The van der Waals surface area contributed by atoms with Crippen molar-refractivity contribution in [3.63, 3.8) is 0 Å². The molecule has 0 saturated carbocycles. The van der Waals surface area contributed by atoms with E-state index in [1.165, 1.54) is 24.8 Å². The van der Waals surface area contributed by atoms with Crippen LogP contribution in [0.4, 0.5) is 5.69 Å². The molecule has 3 heterocycles. The zero-order chi connectivity index (χ0) is 32.7. The van der Waals surface area contributed by atoms with Crippen molar-refractivity contribution in [2.24, 2.45) is 5.92 Å². The molecule has 9 heteroatoms. The quantitative estimate of drug-likeness (QED) is 0.0885. The molecule has 1 unspecified atom stereocenters. The number of aryl methyl sites for hydroxylation is 2. The first-order valence-electron chi connectivity index (χ1n) is 15.5. The minimum absolute atomic E-state index is 0. The van der Waals surface area contributed by atoms with Crippen LogP contribution < -0.4 is 14.9 Å². The number of hydrogen-bond acceptors (Lipinski definition) is 7. The summed E-state index contributed by atoms with van der Waals surface area (Å²) < 4.78 is 10.1. The summed E-state index contributed by atoms with van der Waals surface area (Å²) in [7, 11) is 0. The second-order valence-electron chi connectivity index (χ2n) is 10.4. The third-order valence-electron chi connectivity index (χ3n) is 7.00. The zero-order valence-electron chi connectivity index (χ0n) is 27.0. The van der Waals surface area contributed by atoms with E-state index in [-0.39, 0.29) is 34.1 Å². The maximum atomic E-state index is 11.5. The fourth-order valence-electron chi connectivity index (χ4n) is 4.33. The molecule has 2 aromatic carbocycles. The van der Waals surface area contributed by atoms with Gasteiger partial charge in [-0.15, -0.1) is 0 Å². The predicted octanol–water partition coefficient (Wildman–Crippen LogP) is 8.88. The first kappa shape index (κ1) is 45.6. The number of nitrogens with one attached hydrogen (secondary N) is 1. The second-order valence-corrected chi connectivity index (χ2v) is 10.4. The molecule has 0 bridgehead atoms. The lowest BCUT2D eigenvalue weighted by molar-refractivity contribution is -0.134. The summed E-state index contributed by atoms with van der Waals surface area (Å²) in [6.07, 6.45) is 16.4. The van der Waals surface area contributed by atoms with Crippen LogP contribution in [0.2, 0.25) is 0 Å². The Morgan fingerprint density at radius 1 is 1.00 bits per heavy atom. The van der Waals surface area contributed by atoms with Gasteiger partial charge in [-0.2, -0.15) is 0 Å². The van der Waals surface area contributed by atoms with E-state index in [0.717, 1.165) is 42.9 Å². The Kier molecular flexibility index (Phi) is 26.2. The lowest BCUT2D eigenvalue weighted by Gasteiger charge is -2.26. The lowest BCUT2D eigenvalue weighted by Crippen LogP contribution is -2.34. The van der Waals surface area contributed by atoms with Crippen LogP contribution in [0.5, 0.6) is 11.5 Å². The van der Waals surface area contributed by atoms with Crippen molar-refractivity contribution in [1.29, 1.82) is 0 Å². The van der Waals surface area contributed by atoms with E-state index in [2.05, 4.69) is 21.3 Å². The monoisotopic (exact) mass is 665 g/mol. The number of anilines is 1. The van der Waals surface area contributed by atoms with Gasteiger partial charge < -0.3 is 19.7 Å². The molecule has 5 rings (SSSR count). The summed E-state index contributed by atoms with van der Waals surface area (Å²) >= 11 is 0. The number of hydrogen-bond donors (Lipinski definition) is 1. The number of nitrogens with zero attached hydrogens (tertiary/aromatic N) is 2. The van der Waals surface area contributed by atoms with Crippen molar-refractivity contribution in [2.45, 2.75) is 88.5 Å². The van der Waals surface area contributed by atoms with Crippen LogP contribution in [0.15, 0.2) is 73.1 Å². The van der Waals surface area contributed by atoms with Crippen LogP contribution in [-0.4, -0.2) is 48.2 Å². The second kappa shape index (κ2) is 27.6. The number of piperidine rings is 1. The molecule has 0 radical (unpaired) electrons. The fraction of sp³-hybridized carbons (Fsp3) is 0.462. The van der Waals surface area contributed by atoms with E-state index >= 15 is 0 Å². The van der Waals surface area contributed by atoms with Gasteiger partial charge in [0, 0.05) is 43.9 Å². The summed E-state index contributed by atoms with van der Waals surface area (Å²) in [6.45, 7) is 10.7. The number of para-hydroxylation sites is 2. The van der Waals surface area contributed by atoms with Crippen LogP contribution in [-0.2, 0) is 25.6 Å². The van der Waals surface area contributed by atoms with Gasteiger partial charge >= 0.3 is 0 Å². The normalized spacial score (nSPS) is 13.9. The van der Waals surface area contributed by atoms with E-state index in [9.17, 15) is 9.59 Å². The first-order chi connectivity index (χ1) is 21.9. The Balaban J connectivity index is 0. The van der Waals surface area contributed by atoms with Crippen molar-refractivity contribution in [3.05, 3.63) is 84.2 Å². The SMILES string of the molecule is C.C.C.C#COOc1ccccc1C.CC1CCc2ccccc2NC1=O.CCC(=O)N1CCCCC1.CCOCOc1cccnc1. The van der Waals surface area contributed by atoms with Crippen LogP contribution in [0, 0.1) is 25.4 Å². The van der Waals surface area contributed by atoms with Gasteiger partial charge in [0.05, 0.1) is 6.20 Å². The first-order valence-corrected chi connectivity index (χ1v) is 15.5. The van der Waals surface area contributed by atoms with E-state index < -0.39 is 0 Å². The minimum atomic E-state index is 0. The Hall–Kier alpha value is -4.55. The summed E-state index contributed by atoms with van der Waals surface area (Å²) in [5.74, 6) is 1.98. The number of benzene rings is 2. The van der Waals surface area contributed by atoms with Crippen LogP contribution in [0.1, 0.15) is 86.3 Å². The highest BCUT2D eigenvalue weighted by Crippen LogP contribution is 2.23. The third-order valence-corrected chi connectivity index (χ3v) is 7.00. The molecule has 2 amide bonds. The van der Waals surface area contributed by atoms with Gasteiger partial charge in [-0.1, -0.05) is 78.9 Å². The van der Waals surface area contributed by atoms with Crippen molar-refractivity contribution < 1.29 is 28.8 Å². The van der Waals surface area contributed by atoms with E-state index in [1.807, 2.05) is 87.2 Å². The zero-order valence-corrected chi connectivity index (χ0v) is 27.0. The highest BCUT2D eigenvalue weighted by atomic mass is 17.2. The van der Waals surface area contributed by atoms with E-state index in [0.29, 0.717) is 31.5 Å². The maximum absolute atomic E-state index is 11.5. The average Bonchev–Trinajstić information content (AvgIpc) is 3.23. The number of pyridine rings is 1. The standard InChI is InChI=1S/C11H13NO.C9H8O2.C8H11NO2.C8H15NO.3CH4/c1-8-6-7-9-4-2-3-5-10(9)12-11(8)13;1-3-10-11-9-7-5-4-6-8(9)2;1-2-10-7-11-8-4-3-5-9-6-8;1-2-8(10)9-6-4-3-5-7-9;;;/h2-5,8H,6-7H2,1H3,(H,12,13);1,4-7H,2H3;3-6H,2,7H2,1H3;2-7H2,1H3;3*1H4. The van der Waals surface area contributed by atoms with Crippen LogP contribution in [0.25, 0.3) is 0 Å². The van der Waals surface area contributed by atoms with Gasteiger partial charge in [-0.3, -0.25) is 19.5 Å². The van der Waals surface area contributed by atoms with E-state index in [1.54, 1.807) is 18.5 Å². The molecule has 0 aliphatic carbocycles. The lowest BCUT2D eigenvalue weighted by atomic mass is 10.0. The smallest absolute Gasteiger partial charge is 0.227 e. The Morgan fingerprint density at radius 2 is 1.69 bits per heavy atom. The minimum Gasteiger partial charge on any atom is -0.466 e. The summed E-state index contributed by atoms with van der Waals surface area (Å²) in [6, 6.07) is 19.1. The number of terminal acetylenes is 1. The number of likely N-dealkylation sites (tertiary alicyclic amines) is 1. The van der Waals surface area contributed by atoms with Crippen molar-refractivity contribution in [2.75, 3.05) is 31.8 Å². The largest absolute Gasteiger partial charge is 0.466 e. The average molecular weight is 666 g/mol. The number of ether oxygens (including phenoxy) is 2. The molecule has 2 aliphatic rings. The Labute approximate surface area is 290 Å². The molecule has 1 aromatic heterocycles. The fourth-order valence-corrected chi connectivity index (χ4v) is 4.33. The maximum Gasteiger partial charge on any atom is 0.227 e. The third kappa shape index (κ3) is 18.0. The number of carbonyl (C=O) groups excluding carboxylic acids is 2. The van der Waals surface area contributed by atoms with Crippen LogP contribution >= 0.6 is 0 Å². The predicted molar refractivity (Wildman–Crippen MR) is 197 cm³/mol. The van der Waals surface area contributed by atoms with Gasteiger partial charge in [0.25, 0.3) is 0 Å². The molecule has 1 atom stereocenters. The molecule has 266 valence electrons. The van der Waals surface area contributed by atoms with Crippen molar-refractivity contribution in [1.82, 2.24) is 9.88 Å². The molecule has 48 heavy (non-hydrogen) atoms. The molecule has 1 N–H and O–H groups in total. The molecule has 3 aromatic rings. The molecule has 9 nitrogen and oxygen atoms in total. The topological polar surface area (TPSA) is 99.2 Å². The molecule has 0 spiro atoms. The van der Waals surface area contributed by atoms with Crippen molar-refractivity contribution >= 4 is 17.5 Å². The number of fused-ring (bicyclic) bond motifs is 1. The van der Waals surface area contributed by atoms with Crippen molar-refractivity contribution in [3.8, 4) is 24.0 Å². The van der Waals surface area contributed by atoms with E-state index in [4.69, 9.17) is 20.8 Å². The van der Waals surface area contributed by atoms with Gasteiger partial charge in [0.2, 0.25) is 11.8 Å². The molecule has 1 fully saturated rings. The number of aromatic nitrogens is 1.